The fourth-order valence-electron chi connectivity index (χ4n) is 2.26. The van der Waals surface area contributed by atoms with Gasteiger partial charge in [0.05, 0.1) is 12.7 Å². The van der Waals surface area contributed by atoms with Gasteiger partial charge in [0.25, 0.3) is 0 Å². The summed E-state index contributed by atoms with van der Waals surface area (Å²) in [5.74, 6) is 1.03. The topological polar surface area (TPSA) is 41.5 Å². The van der Waals surface area contributed by atoms with Crippen LogP contribution < -0.4 is 5.32 Å². The van der Waals surface area contributed by atoms with Crippen LogP contribution in [-0.4, -0.2) is 37.0 Å². The van der Waals surface area contributed by atoms with Crippen LogP contribution in [0.15, 0.2) is 0 Å². The van der Waals surface area contributed by atoms with E-state index in [1.165, 1.54) is 6.42 Å². The second-order valence-corrected chi connectivity index (χ2v) is 5.19. The maximum absolute atomic E-state index is 9.71. The van der Waals surface area contributed by atoms with Gasteiger partial charge in [-0.05, 0) is 37.6 Å². The Morgan fingerprint density at radius 1 is 1.44 bits per heavy atom. The third-order valence-electron chi connectivity index (χ3n) is 3.59. The fraction of sp³-hybridized carbons (Fsp3) is 1.00. The molecule has 1 saturated heterocycles. The highest BCUT2D eigenvalue weighted by Crippen LogP contribution is 2.18. The number of hydrogen-bond acceptors (Lipinski definition) is 3. The zero-order valence-electron chi connectivity index (χ0n) is 10.9. The van der Waals surface area contributed by atoms with Crippen molar-refractivity contribution in [3.8, 4) is 0 Å². The molecule has 3 atom stereocenters. The number of nitrogens with one attached hydrogen (secondary N) is 1. The molecule has 0 saturated carbocycles. The van der Waals surface area contributed by atoms with Gasteiger partial charge in [0, 0.05) is 12.6 Å². The first-order chi connectivity index (χ1) is 7.65. The van der Waals surface area contributed by atoms with E-state index in [4.69, 9.17) is 4.74 Å². The van der Waals surface area contributed by atoms with E-state index in [-0.39, 0.29) is 6.10 Å². The van der Waals surface area contributed by atoms with Crippen LogP contribution >= 0.6 is 0 Å². The maximum Gasteiger partial charge on any atom is 0.0575 e. The quantitative estimate of drug-likeness (QED) is 0.699. The van der Waals surface area contributed by atoms with Crippen molar-refractivity contribution in [3.05, 3.63) is 0 Å². The molecule has 0 radical (unpaired) electrons. The summed E-state index contributed by atoms with van der Waals surface area (Å²) in [7, 11) is 0. The van der Waals surface area contributed by atoms with Crippen LogP contribution in [0, 0.1) is 11.8 Å². The van der Waals surface area contributed by atoms with E-state index in [1.54, 1.807) is 0 Å². The molecule has 3 heteroatoms. The molecule has 3 unspecified atom stereocenters. The Balaban J connectivity index is 2.18. The van der Waals surface area contributed by atoms with Crippen LogP contribution in [-0.2, 0) is 4.74 Å². The zero-order valence-corrected chi connectivity index (χ0v) is 10.9. The SMILES string of the molecule is CCC(NCCC(O)C(C)C)C1CCOC1. The van der Waals surface area contributed by atoms with Gasteiger partial charge in [0.15, 0.2) is 0 Å². The van der Waals surface area contributed by atoms with Crippen molar-refractivity contribution < 1.29 is 9.84 Å². The summed E-state index contributed by atoms with van der Waals surface area (Å²) in [6.07, 6.45) is 3.00. The molecule has 0 aliphatic carbocycles. The van der Waals surface area contributed by atoms with Crippen LogP contribution in [0.25, 0.3) is 0 Å². The molecule has 0 aromatic rings. The summed E-state index contributed by atoms with van der Waals surface area (Å²) >= 11 is 0. The molecule has 1 aliphatic heterocycles. The van der Waals surface area contributed by atoms with Gasteiger partial charge in [-0.1, -0.05) is 20.8 Å². The molecule has 0 bridgehead atoms. The predicted octanol–water partition coefficient (Wildman–Crippen LogP) is 1.80. The van der Waals surface area contributed by atoms with E-state index < -0.39 is 0 Å². The average Bonchev–Trinajstić information content (AvgIpc) is 2.77. The van der Waals surface area contributed by atoms with Gasteiger partial charge >= 0.3 is 0 Å². The number of aliphatic hydroxyl groups is 1. The van der Waals surface area contributed by atoms with Crippen LogP contribution in [0.2, 0.25) is 0 Å². The summed E-state index contributed by atoms with van der Waals surface area (Å²) in [4.78, 5) is 0. The van der Waals surface area contributed by atoms with Gasteiger partial charge in [-0.3, -0.25) is 0 Å². The lowest BCUT2D eigenvalue weighted by molar-refractivity contribution is 0.113. The van der Waals surface area contributed by atoms with E-state index in [2.05, 4.69) is 26.1 Å². The normalized spacial score (nSPS) is 24.9. The lowest BCUT2D eigenvalue weighted by Crippen LogP contribution is -2.38. The fourth-order valence-corrected chi connectivity index (χ4v) is 2.26. The maximum atomic E-state index is 9.71. The van der Waals surface area contributed by atoms with Gasteiger partial charge in [-0.25, -0.2) is 0 Å². The largest absolute Gasteiger partial charge is 0.393 e. The van der Waals surface area contributed by atoms with E-state index in [0.29, 0.717) is 17.9 Å². The Morgan fingerprint density at radius 2 is 2.19 bits per heavy atom. The molecule has 16 heavy (non-hydrogen) atoms. The van der Waals surface area contributed by atoms with Crippen molar-refractivity contribution in [2.75, 3.05) is 19.8 Å². The minimum absolute atomic E-state index is 0.176. The number of aliphatic hydroxyl groups excluding tert-OH is 1. The van der Waals surface area contributed by atoms with Gasteiger partial charge in [-0.2, -0.15) is 0 Å². The summed E-state index contributed by atoms with van der Waals surface area (Å²) in [5, 5.41) is 13.3. The second-order valence-electron chi connectivity index (χ2n) is 5.19. The zero-order chi connectivity index (χ0) is 12.0. The molecule has 0 amide bonds. The third kappa shape index (κ3) is 4.40. The standard InChI is InChI=1S/C13H27NO2/c1-4-12(11-6-8-16-9-11)14-7-5-13(15)10(2)3/h10-15H,4-9H2,1-3H3. The molecule has 2 N–H and O–H groups in total. The van der Waals surface area contributed by atoms with Crippen molar-refractivity contribution in [3.63, 3.8) is 0 Å². The molecular formula is C13H27NO2. The Morgan fingerprint density at radius 3 is 2.69 bits per heavy atom. The van der Waals surface area contributed by atoms with Gasteiger partial charge in [0.1, 0.15) is 0 Å². The van der Waals surface area contributed by atoms with Crippen molar-refractivity contribution in [2.45, 2.75) is 52.2 Å². The summed E-state index contributed by atoms with van der Waals surface area (Å²) in [5.41, 5.74) is 0. The van der Waals surface area contributed by atoms with Crippen LogP contribution in [0.3, 0.4) is 0 Å². The Hall–Kier alpha value is -0.120. The van der Waals surface area contributed by atoms with Gasteiger partial charge in [-0.15, -0.1) is 0 Å². The molecule has 0 spiro atoms. The second kappa shape index (κ2) is 7.25. The number of ether oxygens (including phenoxy) is 1. The van der Waals surface area contributed by atoms with Crippen molar-refractivity contribution in [1.29, 1.82) is 0 Å². The highest BCUT2D eigenvalue weighted by molar-refractivity contribution is 4.78. The average molecular weight is 229 g/mol. The summed E-state index contributed by atoms with van der Waals surface area (Å²) in [6, 6.07) is 0.557. The molecule has 1 rings (SSSR count). The molecule has 0 aromatic carbocycles. The minimum Gasteiger partial charge on any atom is -0.393 e. The highest BCUT2D eigenvalue weighted by atomic mass is 16.5. The van der Waals surface area contributed by atoms with Crippen molar-refractivity contribution in [2.24, 2.45) is 11.8 Å². The van der Waals surface area contributed by atoms with E-state index >= 15 is 0 Å². The Labute approximate surface area is 99.6 Å². The minimum atomic E-state index is -0.176. The monoisotopic (exact) mass is 229 g/mol. The first-order valence-corrected chi connectivity index (χ1v) is 6.64. The van der Waals surface area contributed by atoms with Crippen LogP contribution in [0.4, 0.5) is 0 Å². The lowest BCUT2D eigenvalue weighted by Gasteiger charge is -2.23. The van der Waals surface area contributed by atoms with Gasteiger partial charge < -0.3 is 15.2 Å². The number of hydrogen-bond donors (Lipinski definition) is 2. The first-order valence-electron chi connectivity index (χ1n) is 6.64. The smallest absolute Gasteiger partial charge is 0.0575 e. The molecule has 3 nitrogen and oxygen atoms in total. The first kappa shape index (κ1) is 13.9. The lowest BCUT2D eigenvalue weighted by atomic mass is 9.96. The van der Waals surface area contributed by atoms with E-state index in [1.807, 2.05) is 0 Å². The van der Waals surface area contributed by atoms with E-state index in [9.17, 15) is 5.11 Å². The molecular weight excluding hydrogens is 202 g/mol. The number of rotatable bonds is 7. The predicted molar refractivity (Wildman–Crippen MR) is 66.5 cm³/mol. The van der Waals surface area contributed by atoms with Crippen molar-refractivity contribution >= 4 is 0 Å². The van der Waals surface area contributed by atoms with Gasteiger partial charge in [0.2, 0.25) is 0 Å². The van der Waals surface area contributed by atoms with E-state index in [0.717, 1.165) is 32.6 Å². The summed E-state index contributed by atoms with van der Waals surface area (Å²) < 4.78 is 5.42. The highest BCUT2D eigenvalue weighted by Gasteiger charge is 2.24. The molecule has 0 aromatic heterocycles. The van der Waals surface area contributed by atoms with Crippen LogP contribution in [0.5, 0.6) is 0 Å². The molecule has 1 heterocycles. The Kier molecular flexibility index (Phi) is 6.32. The van der Waals surface area contributed by atoms with Crippen LogP contribution in [0.1, 0.15) is 40.0 Å². The molecule has 1 fully saturated rings. The Bertz CT molecular complexity index is 179. The molecule has 96 valence electrons. The summed E-state index contributed by atoms with van der Waals surface area (Å²) in [6.45, 7) is 9.07. The third-order valence-corrected chi connectivity index (χ3v) is 3.59. The van der Waals surface area contributed by atoms with Crippen molar-refractivity contribution in [1.82, 2.24) is 5.32 Å². The molecule has 1 aliphatic rings.